The highest BCUT2D eigenvalue weighted by Crippen LogP contribution is 2.31. The number of nitrogens with one attached hydrogen (secondary N) is 2. The Kier molecular flexibility index (Phi) is 5.28. The maximum absolute atomic E-state index is 13.3. The molecule has 0 aliphatic heterocycles. The average molecular weight is 377 g/mol. The smallest absolute Gasteiger partial charge is 0.348 e. The second-order valence-corrected chi connectivity index (χ2v) is 7.09. The van der Waals surface area contributed by atoms with Gasteiger partial charge in [0.2, 0.25) is 10.0 Å². The molecule has 1 aromatic carbocycles. The minimum absolute atomic E-state index is 0.0828. The fraction of sp³-hybridized carbons (Fsp3) is 0.429. The first-order chi connectivity index (χ1) is 11.5. The molecule has 1 heterocycles. The van der Waals surface area contributed by atoms with Gasteiger partial charge in [0.15, 0.2) is 0 Å². The quantitative estimate of drug-likeness (QED) is 0.787. The van der Waals surface area contributed by atoms with Crippen LogP contribution >= 0.6 is 0 Å². The van der Waals surface area contributed by atoms with Crippen molar-refractivity contribution in [1.29, 1.82) is 0 Å². The van der Waals surface area contributed by atoms with Crippen molar-refractivity contribution in [2.75, 3.05) is 17.7 Å². The van der Waals surface area contributed by atoms with Crippen molar-refractivity contribution in [3.63, 3.8) is 0 Å². The summed E-state index contributed by atoms with van der Waals surface area (Å²) >= 11 is 0. The largest absolute Gasteiger partial charge is 0.374 e. The van der Waals surface area contributed by atoms with Crippen LogP contribution < -0.4 is 16.1 Å². The Morgan fingerprint density at radius 3 is 2.44 bits per heavy atom. The summed E-state index contributed by atoms with van der Waals surface area (Å²) in [5.74, 6) is 0. The van der Waals surface area contributed by atoms with Crippen LogP contribution in [0.4, 0.5) is 8.78 Å². The van der Waals surface area contributed by atoms with E-state index >= 15 is 0 Å². The Morgan fingerprint density at radius 1 is 1.28 bits per heavy atom. The third-order valence-electron chi connectivity index (χ3n) is 3.45. The highest BCUT2D eigenvalue weighted by atomic mass is 32.2. The van der Waals surface area contributed by atoms with Gasteiger partial charge in [-0.2, -0.15) is 4.68 Å². The number of halogens is 2. The summed E-state index contributed by atoms with van der Waals surface area (Å²) in [6, 6.07) is 2.17. The molecule has 0 aliphatic rings. The third-order valence-corrected chi connectivity index (χ3v) is 3.96. The molecule has 11 heteroatoms. The van der Waals surface area contributed by atoms with Gasteiger partial charge in [-0.25, -0.2) is 26.8 Å². The van der Waals surface area contributed by atoms with Crippen molar-refractivity contribution >= 4 is 20.9 Å². The van der Waals surface area contributed by atoms with Crippen molar-refractivity contribution in [3.8, 4) is 0 Å². The molecule has 0 aliphatic carbocycles. The van der Waals surface area contributed by atoms with Crippen molar-refractivity contribution in [3.05, 3.63) is 44.1 Å². The fourth-order valence-electron chi connectivity index (χ4n) is 2.43. The lowest BCUT2D eigenvalue weighted by molar-refractivity contribution is 0.0711. The molecule has 25 heavy (non-hydrogen) atoms. The van der Waals surface area contributed by atoms with E-state index in [2.05, 4.69) is 4.98 Å². The van der Waals surface area contributed by atoms with E-state index in [0.29, 0.717) is 0 Å². The van der Waals surface area contributed by atoms with Crippen LogP contribution in [-0.4, -0.2) is 30.9 Å². The molecule has 8 nitrogen and oxygen atoms in total. The fourth-order valence-corrected chi connectivity index (χ4v) is 2.92. The Labute approximate surface area is 141 Å². The van der Waals surface area contributed by atoms with Crippen LogP contribution in [0.5, 0.6) is 0 Å². The number of sulfonamides is 1. The molecule has 0 bridgehead atoms. The van der Waals surface area contributed by atoms with Crippen LogP contribution in [0.25, 0.3) is 10.9 Å². The van der Waals surface area contributed by atoms with E-state index in [1.54, 1.807) is 18.7 Å². The van der Waals surface area contributed by atoms with Crippen molar-refractivity contribution in [1.82, 2.24) is 9.66 Å². The number of aromatic amines is 1. The number of hydrogen-bond donors (Lipinski definition) is 2. The van der Waals surface area contributed by atoms with Gasteiger partial charge in [0.25, 0.3) is 12.0 Å². The lowest BCUT2D eigenvalue weighted by Gasteiger charge is -2.17. The number of aromatic nitrogens is 2. The molecule has 138 valence electrons. The molecule has 0 radical (unpaired) electrons. The van der Waals surface area contributed by atoms with E-state index in [-0.39, 0.29) is 33.3 Å². The van der Waals surface area contributed by atoms with Crippen LogP contribution in [-0.2, 0) is 14.8 Å². The molecule has 2 rings (SSSR count). The van der Waals surface area contributed by atoms with E-state index in [9.17, 15) is 26.8 Å². The van der Waals surface area contributed by atoms with Crippen molar-refractivity contribution in [2.24, 2.45) is 0 Å². The number of ether oxygens (including phenoxy) is 1. The molecule has 0 amide bonds. The third kappa shape index (κ3) is 4.04. The summed E-state index contributed by atoms with van der Waals surface area (Å²) in [5.41, 5.74) is -2.48. The molecular weight excluding hydrogens is 360 g/mol. The van der Waals surface area contributed by atoms with Gasteiger partial charge in [0.1, 0.15) is 0 Å². The van der Waals surface area contributed by atoms with Crippen LogP contribution in [0.2, 0.25) is 0 Å². The normalized spacial score (nSPS) is 13.4. The molecule has 1 atom stereocenters. The monoisotopic (exact) mass is 377 g/mol. The molecule has 1 unspecified atom stereocenters. The number of alkyl halides is 2. The lowest BCUT2D eigenvalue weighted by atomic mass is 10.0. The zero-order valence-electron chi connectivity index (χ0n) is 13.7. The van der Waals surface area contributed by atoms with Gasteiger partial charge in [-0.15, -0.1) is 0 Å². The van der Waals surface area contributed by atoms with Crippen LogP contribution in [0.3, 0.4) is 0 Å². The van der Waals surface area contributed by atoms with Gasteiger partial charge in [0, 0.05) is 12.2 Å². The Bertz CT molecular complexity index is 1010. The molecule has 2 N–H and O–H groups in total. The topological polar surface area (TPSA) is 110 Å². The number of benzene rings is 1. The lowest BCUT2D eigenvalue weighted by Crippen LogP contribution is -2.43. The van der Waals surface area contributed by atoms with Crippen LogP contribution in [0.1, 0.15) is 37.5 Å². The summed E-state index contributed by atoms with van der Waals surface area (Å²) in [4.78, 5) is 28.3. The van der Waals surface area contributed by atoms with Gasteiger partial charge in [-0.1, -0.05) is 0 Å². The summed E-state index contributed by atoms with van der Waals surface area (Å²) in [7, 11) is -3.90. The summed E-state index contributed by atoms with van der Waals surface area (Å²) in [6.07, 6.45) is -2.80. The van der Waals surface area contributed by atoms with E-state index < -0.39 is 33.8 Å². The molecule has 0 spiro atoms. The first-order valence-corrected chi connectivity index (χ1v) is 9.14. The molecule has 2 aromatic rings. The van der Waals surface area contributed by atoms with Crippen LogP contribution in [0.15, 0.2) is 21.7 Å². The molecule has 0 saturated heterocycles. The second-order valence-electron chi connectivity index (χ2n) is 5.36. The maximum atomic E-state index is 13.3. The Balaban J connectivity index is 2.81. The summed E-state index contributed by atoms with van der Waals surface area (Å²) in [5, 5.41) is -0.123. The number of fused-ring (bicyclic) bond motifs is 1. The second kappa shape index (κ2) is 6.92. The molecule has 0 saturated carbocycles. The average Bonchev–Trinajstić information content (AvgIpc) is 2.49. The standard InChI is InChI=1S/C14H17F2N3O5S/c1-4-24-7(2)8-5-10-11(6-9(8)12(15)16)17-14(21)19(13(10)20)18-25(3,22)23/h5-7,12,18H,4H2,1-3H3,(H,17,21). The van der Waals surface area contributed by atoms with Crippen molar-refractivity contribution in [2.45, 2.75) is 26.4 Å². The summed E-state index contributed by atoms with van der Waals surface area (Å²) in [6.45, 7) is 3.52. The minimum Gasteiger partial charge on any atom is -0.374 e. The first kappa shape index (κ1) is 19.1. The van der Waals surface area contributed by atoms with E-state index in [1.165, 1.54) is 6.07 Å². The van der Waals surface area contributed by atoms with Gasteiger partial charge in [0.05, 0.1) is 23.3 Å². The molecule has 1 aromatic heterocycles. The predicted molar refractivity (Wildman–Crippen MR) is 88.0 cm³/mol. The number of nitrogens with zero attached hydrogens (tertiary/aromatic N) is 1. The zero-order valence-corrected chi connectivity index (χ0v) is 14.5. The van der Waals surface area contributed by atoms with Gasteiger partial charge in [-0.05, 0) is 31.5 Å². The number of hydrogen-bond acceptors (Lipinski definition) is 5. The van der Waals surface area contributed by atoms with E-state index in [4.69, 9.17) is 4.74 Å². The van der Waals surface area contributed by atoms with Gasteiger partial charge >= 0.3 is 5.69 Å². The SMILES string of the molecule is CCOC(C)c1cc2c(=O)n(NS(C)(=O)=O)c(=O)[nH]c2cc1C(F)F. The zero-order chi connectivity index (χ0) is 18.9. The maximum Gasteiger partial charge on any atom is 0.348 e. The number of rotatable bonds is 6. The van der Waals surface area contributed by atoms with Crippen molar-refractivity contribution < 1.29 is 21.9 Å². The predicted octanol–water partition coefficient (Wildman–Crippen LogP) is 1.23. The Morgan fingerprint density at radius 2 is 1.92 bits per heavy atom. The van der Waals surface area contributed by atoms with E-state index in [1.807, 2.05) is 0 Å². The van der Waals surface area contributed by atoms with E-state index in [0.717, 1.165) is 12.3 Å². The summed E-state index contributed by atoms with van der Waals surface area (Å²) < 4.78 is 54.9. The molecule has 0 fully saturated rings. The first-order valence-electron chi connectivity index (χ1n) is 7.25. The van der Waals surface area contributed by atoms with Gasteiger partial charge in [-0.3, -0.25) is 4.79 Å². The highest BCUT2D eigenvalue weighted by Gasteiger charge is 2.21. The number of H-pyrrole nitrogens is 1. The minimum atomic E-state index is -3.90. The van der Waals surface area contributed by atoms with Gasteiger partial charge < -0.3 is 9.72 Å². The Hall–Kier alpha value is -2.27. The molecular formula is C14H17F2N3O5S. The van der Waals surface area contributed by atoms with Crippen LogP contribution in [0, 0.1) is 0 Å². The highest BCUT2D eigenvalue weighted by molar-refractivity contribution is 7.91.